The van der Waals surface area contributed by atoms with Crippen molar-refractivity contribution in [2.45, 2.75) is 13.5 Å². The molecule has 7 nitrogen and oxygen atoms in total. The molecule has 3 aromatic rings. The number of imidazole rings is 1. The second kappa shape index (κ2) is 5.57. The van der Waals surface area contributed by atoms with Crippen LogP contribution < -0.4 is 5.32 Å². The first-order valence-corrected chi connectivity index (χ1v) is 7.37. The van der Waals surface area contributed by atoms with Crippen LogP contribution in [0.3, 0.4) is 0 Å². The molecule has 8 heteroatoms. The third-order valence-electron chi connectivity index (χ3n) is 3.13. The lowest BCUT2D eigenvalue weighted by molar-refractivity contribution is -0.380. The van der Waals surface area contributed by atoms with Gasteiger partial charge < -0.3 is 10.3 Å². The number of nitrogens with zero attached hydrogens (tertiary/aromatic N) is 2. The summed E-state index contributed by atoms with van der Waals surface area (Å²) in [7, 11) is 0. The van der Waals surface area contributed by atoms with Crippen LogP contribution in [0, 0.1) is 17.0 Å². The van der Waals surface area contributed by atoms with Crippen LogP contribution in [0.25, 0.3) is 11.0 Å². The lowest BCUT2D eigenvalue weighted by Crippen LogP contribution is -2.22. The Bertz CT molecular complexity index is 868. The standard InChI is InChI=1S/C14H12N4O3S/c1-8-2-3-10-11(4-8)17-12(16-10)6-15-14(19)9-5-13(18(20)21)22-7-9/h2-5,7H,6H2,1H3,(H,15,19)(H,16,17). The van der Waals surface area contributed by atoms with Crippen molar-refractivity contribution in [2.75, 3.05) is 0 Å². The van der Waals surface area contributed by atoms with Gasteiger partial charge in [-0.25, -0.2) is 4.98 Å². The molecular formula is C14H12N4O3S. The Morgan fingerprint density at radius 1 is 1.45 bits per heavy atom. The Balaban J connectivity index is 1.70. The lowest BCUT2D eigenvalue weighted by Gasteiger charge is -2.00. The highest BCUT2D eigenvalue weighted by atomic mass is 32.1. The summed E-state index contributed by atoms with van der Waals surface area (Å²) in [5.74, 6) is 0.277. The Labute approximate surface area is 129 Å². The third-order valence-corrected chi connectivity index (χ3v) is 4.01. The minimum absolute atomic E-state index is 0.0515. The highest BCUT2D eigenvalue weighted by Crippen LogP contribution is 2.22. The maximum Gasteiger partial charge on any atom is 0.324 e. The van der Waals surface area contributed by atoms with E-state index in [1.807, 2.05) is 25.1 Å². The fraction of sp³-hybridized carbons (Fsp3) is 0.143. The molecule has 0 bridgehead atoms. The summed E-state index contributed by atoms with van der Waals surface area (Å²) in [6, 6.07) is 7.13. The van der Waals surface area contributed by atoms with Crippen molar-refractivity contribution < 1.29 is 9.72 Å². The van der Waals surface area contributed by atoms with Gasteiger partial charge in [-0.05, 0) is 24.6 Å². The number of hydrogen-bond donors (Lipinski definition) is 2. The van der Waals surface area contributed by atoms with Crippen LogP contribution >= 0.6 is 11.3 Å². The fourth-order valence-corrected chi connectivity index (χ4v) is 2.77. The summed E-state index contributed by atoms with van der Waals surface area (Å²) in [6.45, 7) is 2.22. The zero-order chi connectivity index (χ0) is 15.7. The molecule has 0 aliphatic rings. The summed E-state index contributed by atoms with van der Waals surface area (Å²) in [6.07, 6.45) is 0. The number of aryl methyl sites for hydroxylation is 1. The van der Waals surface area contributed by atoms with Crippen molar-refractivity contribution in [3.63, 3.8) is 0 Å². The van der Waals surface area contributed by atoms with Gasteiger partial charge in [-0.1, -0.05) is 17.4 Å². The highest BCUT2D eigenvalue weighted by Gasteiger charge is 2.15. The molecule has 2 heterocycles. The SMILES string of the molecule is Cc1ccc2nc(CNC(=O)c3csc([N+](=O)[O-])c3)[nH]c2c1. The molecule has 3 rings (SSSR count). The van der Waals surface area contributed by atoms with E-state index >= 15 is 0 Å². The largest absolute Gasteiger partial charge is 0.345 e. The van der Waals surface area contributed by atoms with E-state index in [0.29, 0.717) is 5.82 Å². The van der Waals surface area contributed by atoms with Gasteiger partial charge in [0.15, 0.2) is 0 Å². The molecule has 0 unspecified atom stereocenters. The van der Waals surface area contributed by atoms with Gasteiger partial charge in [0, 0.05) is 11.4 Å². The highest BCUT2D eigenvalue weighted by molar-refractivity contribution is 7.13. The van der Waals surface area contributed by atoms with Crippen LogP contribution in [0.1, 0.15) is 21.7 Å². The summed E-state index contributed by atoms with van der Waals surface area (Å²) < 4.78 is 0. The van der Waals surface area contributed by atoms with Crippen LogP contribution in [0.4, 0.5) is 5.00 Å². The topological polar surface area (TPSA) is 101 Å². The molecule has 0 saturated carbocycles. The number of carbonyl (C=O) groups is 1. The van der Waals surface area contributed by atoms with Gasteiger partial charge in [0.2, 0.25) is 0 Å². The predicted molar refractivity (Wildman–Crippen MR) is 83.0 cm³/mol. The van der Waals surface area contributed by atoms with Gasteiger partial charge in [-0.15, -0.1) is 0 Å². The second-order valence-corrected chi connectivity index (χ2v) is 5.71. The minimum Gasteiger partial charge on any atom is -0.345 e. The van der Waals surface area contributed by atoms with Gasteiger partial charge in [0.1, 0.15) is 5.82 Å². The number of H-pyrrole nitrogens is 1. The molecule has 22 heavy (non-hydrogen) atoms. The summed E-state index contributed by atoms with van der Waals surface area (Å²) >= 11 is 0.930. The molecule has 1 aromatic carbocycles. The van der Waals surface area contributed by atoms with E-state index in [1.54, 1.807) is 0 Å². The number of carbonyl (C=O) groups excluding carboxylic acids is 1. The number of hydrogen-bond acceptors (Lipinski definition) is 5. The van der Waals surface area contributed by atoms with Gasteiger partial charge in [0.05, 0.1) is 28.1 Å². The number of aromatic amines is 1. The normalized spacial score (nSPS) is 10.8. The zero-order valence-corrected chi connectivity index (χ0v) is 12.4. The van der Waals surface area contributed by atoms with Gasteiger partial charge in [-0.3, -0.25) is 14.9 Å². The van der Waals surface area contributed by atoms with Crippen LogP contribution in [-0.2, 0) is 6.54 Å². The first kappa shape index (κ1) is 14.2. The van der Waals surface area contributed by atoms with Crippen LogP contribution in [0.5, 0.6) is 0 Å². The summed E-state index contributed by atoms with van der Waals surface area (Å²) in [4.78, 5) is 29.6. The summed E-state index contributed by atoms with van der Waals surface area (Å²) in [5.41, 5.74) is 3.15. The van der Waals surface area contributed by atoms with E-state index in [2.05, 4.69) is 15.3 Å². The molecule has 1 amide bonds. The smallest absolute Gasteiger partial charge is 0.324 e. The first-order valence-electron chi connectivity index (χ1n) is 6.49. The molecule has 112 valence electrons. The number of nitrogens with one attached hydrogen (secondary N) is 2. The quantitative estimate of drug-likeness (QED) is 0.571. The van der Waals surface area contributed by atoms with Crippen LogP contribution in [0.15, 0.2) is 29.6 Å². The maximum atomic E-state index is 12.0. The van der Waals surface area contributed by atoms with E-state index < -0.39 is 4.92 Å². The number of benzene rings is 1. The molecule has 0 aliphatic heterocycles. The van der Waals surface area contributed by atoms with E-state index in [9.17, 15) is 14.9 Å². The Kier molecular flexibility index (Phi) is 3.60. The average molecular weight is 316 g/mol. The van der Waals surface area contributed by atoms with Crippen molar-refractivity contribution in [3.8, 4) is 0 Å². The maximum absolute atomic E-state index is 12.0. The molecule has 0 aliphatic carbocycles. The van der Waals surface area contributed by atoms with Crippen molar-refractivity contribution in [3.05, 3.63) is 56.7 Å². The number of rotatable bonds is 4. The monoisotopic (exact) mass is 316 g/mol. The second-order valence-electron chi connectivity index (χ2n) is 4.82. The molecule has 0 spiro atoms. The molecule has 2 aromatic heterocycles. The van der Waals surface area contributed by atoms with Gasteiger partial charge >= 0.3 is 5.00 Å². The number of fused-ring (bicyclic) bond motifs is 1. The molecule has 2 N–H and O–H groups in total. The molecule has 0 atom stereocenters. The van der Waals surface area contributed by atoms with Gasteiger partial charge in [-0.2, -0.15) is 0 Å². The van der Waals surface area contributed by atoms with Crippen molar-refractivity contribution in [2.24, 2.45) is 0 Å². The molecule has 0 radical (unpaired) electrons. The van der Waals surface area contributed by atoms with Crippen LogP contribution in [-0.4, -0.2) is 20.8 Å². The molecule has 0 saturated heterocycles. The van der Waals surface area contributed by atoms with E-state index in [4.69, 9.17) is 0 Å². The van der Waals surface area contributed by atoms with Crippen molar-refractivity contribution in [1.82, 2.24) is 15.3 Å². The van der Waals surface area contributed by atoms with Crippen LogP contribution in [0.2, 0.25) is 0 Å². The van der Waals surface area contributed by atoms with E-state index in [0.717, 1.165) is 27.9 Å². The number of nitro groups is 1. The van der Waals surface area contributed by atoms with E-state index in [1.165, 1.54) is 11.4 Å². The Morgan fingerprint density at radius 3 is 3.00 bits per heavy atom. The van der Waals surface area contributed by atoms with E-state index in [-0.39, 0.29) is 23.0 Å². The van der Waals surface area contributed by atoms with Crippen molar-refractivity contribution >= 4 is 33.3 Å². The van der Waals surface area contributed by atoms with Crippen molar-refractivity contribution in [1.29, 1.82) is 0 Å². The minimum atomic E-state index is -0.511. The van der Waals surface area contributed by atoms with Gasteiger partial charge in [0.25, 0.3) is 5.91 Å². The Hall–Kier alpha value is -2.74. The first-order chi connectivity index (χ1) is 10.5. The molecular weight excluding hydrogens is 304 g/mol. The number of thiophene rings is 1. The fourth-order valence-electron chi connectivity index (χ4n) is 2.07. The summed E-state index contributed by atoms with van der Waals surface area (Å²) in [5, 5.41) is 14.7. The lowest BCUT2D eigenvalue weighted by atomic mass is 10.2. The Morgan fingerprint density at radius 2 is 2.27 bits per heavy atom. The average Bonchev–Trinajstić information content (AvgIpc) is 3.10. The zero-order valence-electron chi connectivity index (χ0n) is 11.6. The predicted octanol–water partition coefficient (Wildman–Crippen LogP) is 2.77. The number of amides is 1. The third kappa shape index (κ3) is 2.82. The number of aromatic nitrogens is 2. The molecule has 0 fully saturated rings.